The second-order valence-electron chi connectivity index (χ2n) is 4.31. The average molecular weight is 270 g/mol. The number of anilines is 1. The quantitative estimate of drug-likeness (QED) is 0.757. The Kier molecular flexibility index (Phi) is 4.04. The first kappa shape index (κ1) is 13.1. The maximum Gasteiger partial charge on any atom is 0.339 e. The minimum absolute atomic E-state index is 0.375. The van der Waals surface area contributed by atoms with E-state index in [1.807, 2.05) is 0 Å². The molecule has 98 valence electrons. The van der Waals surface area contributed by atoms with E-state index in [0.29, 0.717) is 10.6 Å². The molecule has 0 N–H and O–H groups in total. The van der Waals surface area contributed by atoms with Crippen LogP contribution in [0.5, 0.6) is 0 Å². The van der Waals surface area contributed by atoms with Crippen LogP contribution in [0.3, 0.4) is 0 Å². The zero-order valence-electron chi connectivity index (χ0n) is 10.5. The van der Waals surface area contributed by atoms with Crippen molar-refractivity contribution in [1.29, 1.82) is 0 Å². The lowest BCUT2D eigenvalue weighted by Gasteiger charge is -2.33. The van der Waals surface area contributed by atoms with E-state index in [2.05, 4.69) is 26.6 Å². The summed E-state index contributed by atoms with van der Waals surface area (Å²) in [5.74, 6) is 0.312. The molecule has 6 heteroatoms. The summed E-state index contributed by atoms with van der Waals surface area (Å²) >= 11 is 6.17. The van der Waals surface area contributed by atoms with E-state index in [4.69, 9.17) is 11.6 Å². The molecule has 1 aromatic rings. The third-order valence-electron chi connectivity index (χ3n) is 3.05. The molecule has 0 bridgehead atoms. The van der Waals surface area contributed by atoms with Crippen molar-refractivity contribution in [3.63, 3.8) is 0 Å². The number of rotatable bonds is 2. The van der Waals surface area contributed by atoms with Crippen molar-refractivity contribution in [3.8, 4) is 0 Å². The molecule has 0 aromatic carbocycles. The summed E-state index contributed by atoms with van der Waals surface area (Å²) in [5.41, 5.74) is 0.375. The number of esters is 1. The molecule has 0 amide bonds. The van der Waals surface area contributed by atoms with E-state index in [1.165, 1.54) is 13.3 Å². The van der Waals surface area contributed by atoms with Crippen molar-refractivity contribution in [2.24, 2.45) is 0 Å². The summed E-state index contributed by atoms with van der Waals surface area (Å²) < 4.78 is 4.63. The van der Waals surface area contributed by atoms with E-state index in [-0.39, 0.29) is 0 Å². The lowest BCUT2D eigenvalue weighted by atomic mass is 10.2. The molecule has 0 atom stereocenters. The monoisotopic (exact) mass is 269 g/mol. The Morgan fingerprint density at radius 3 is 2.61 bits per heavy atom. The number of ether oxygens (including phenoxy) is 1. The topological polar surface area (TPSA) is 45.7 Å². The van der Waals surface area contributed by atoms with Gasteiger partial charge >= 0.3 is 5.97 Å². The van der Waals surface area contributed by atoms with Gasteiger partial charge in [0.1, 0.15) is 5.82 Å². The summed E-state index contributed by atoms with van der Waals surface area (Å²) in [5, 5.41) is 0.488. The van der Waals surface area contributed by atoms with E-state index in [0.717, 1.165) is 32.0 Å². The molecular weight excluding hydrogens is 254 g/mol. The molecule has 0 aliphatic carbocycles. The highest BCUT2D eigenvalue weighted by atomic mass is 35.5. The molecule has 1 aliphatic heterocycles. The largest absolute Gasteiger partial charge is 0.465 e. The fourth-order valence-corrected chi connectivity index (χ4v) is 2.20. The van der Waals surface area contributed by atoms with Crippen LogP contribution in [0.25, 0.3) is 0 Å². The van der Waals surface area contributed by atoms with E-state index >= 15 is 0 Å². The number of carbonyl (C=O) groups is 1. The molecule has 0 saturated carbocycles. The van der Waals surface area contributed by atoms with Crippen molar-refractivity contribution in [2.45, 2.75) is 0 Å². The number of pyridine rings is 1. The molecule has 0 radical (unpaired) electrons. The Bertz CT molecular complexity index is 445. The van der Waals surface area contributed by atoms with Crippen LogP contribution in [0.1, 0.15) is 10.4 Å². The molecule has 5 nitrogen and oxygen atoms in total. The number of hydrogen-bond acceptors (Lipinski definition) is 5. The fourth-order valence-electron chi connectivity index (χ4n) is 1.91. The number of carbonyl (C=O) groups excluding carboxylic acids is 1. The standard InChI is InChI=1S/C12H16ClN3O2/c1-15-3-5-16(6-4-15)11-10(13)7-9(8-14-11)12(17)18-2/h7-8H,3-6H2,1-2H3. The first-order valence-electron chi connectivity index (χ1n) is 5.79. The van der Waals surface area contributed by atoms with Gasteiger partial charge in [0, 0.05) is 32.4 Å². The fraction of sp³-hybridized carbons (Fsp3) is 0.500. The predicted molar refractivity (Wildman–Crippen MR) is 70.3 cm³/mol. The van der Waals surface area contributed by atoms with Gasteiger partial charge in [-0.15, -0.1) is 0 Å². The highest BCUT2D eigenvalue weighted by molar-refractivity contribution is 6.33. The van der Waals surface area contributed by atoms with Crippen molar-refractivity contribution in [2.75, 3.05) is 45.2 Å². The van der Waals surface area contributed by atoms with Crippen LogP contribution >= 0.6 is 11.6 Å². The predicted octanol–water partition coefficient (Wildman–Crippen LogP) is 1.27. The molecule has 0 spiro atoms. The van der Waals surface area contributed by atoms with Gasteiger partial charge in [-0.25, -0.2) is 9.78 Å². The number of hydrogen-bond donors (Lipinski definition) is 0. The molecule has 1 aromatic heterocycles. The van der Waals surface area contributed by atoms with Gasteiger partial charge in [0.2, 0.25) is 0 Å². The van der Waals surface area contributed by atoms with Gasteiger partial charge in [0.15, 0.2) is 0 Å². The van der Waals surface area contributed by atoms with Gasteiger partial charge < -0.3 is 14.5 Å². The Labute approximate surface area is 111 Å². The van der Waals surface area contributed by atoms with Crippen LogP contribution in [0, 0.1) is 0 Å². The Morgan fingerprint density at radius 2 is 2.06 bits per heavy atom. The molecule has 0 unspecified atom stereocenters. The van der Waals surface area contributed by atoms with E-state index in [9.17, 15) is 4.79 Å². The lowest BCUT2D eigenvalue weighted by Crippen LogP contribution is -2.44. The molecule has 2 heterocycles. The first-order chi connectivity index (χ1) is 8.61. The summed E-state index contributed by atoms with van der Waals surface area (Å²) in [6.07, 6.45) is 1.51. The van der Waals surface area contributed by atoms with Crippen molar-refractivity contribution in [3.05, 3.63) is 22.8 Å². The van der Waals surface area contributed by atoms with Crippen LogP contribution in [0.4, 0.5) is 5.82 Å². The number of halogens is 1. The van der Waals surface area contributed by atoms with Gasteiger partial charge in [-0.3, -0.25) is 0 Å². The van der Waals surface area contributed by atoms with Crippen molar-refractivity contribution >= 4 is 23.4 Å². The number of nitrogens with zero attached hydrogens (tertiary/aromatic N) is 3. The third-order valence-corrected chi connectivity index (χ3v) is 3.32. The van der Waals surface area contributed by atoms with Crippen LogP contribution < -0.4 is 4.90 Å². The minimum Gasteiger partial charge on any atom is -0.465 e. The Hall–Kier alpha value is -1.33. The molecule has 1 fully saturated rings. The molecular formula is C12H16ClN3O2. The van der Waals surface area contributed by atoms with Crippen molar-refractivity contribution in [1.82, 2.24) is 9.88 Å². The molecule has 2 rings (SSSR count). The highest BCUT2D eigenvalue weighted by Gasteiger charge is 2.19. The number of methoxy groups -OCH3 is 1. The molecule has 18 heavy (non-hydrogen) atoms. The van der Waals surface area contributed by atoms with Gasteiger partial charge in [0.25, 0.3) is 0 Å². The Morgan fingerprint density at radius 1 is 1.39 bits per heavy atom. The number of likely N-dealkylation sites (N-methyl/N-ethyl adjacent to an activating group) is 1. The van der Waals surface area contributed by atoms with Gasteiger partial charge in [-0.05, 0) is 13.1 Å². The number of aromatic nitrogens is 1. The summed E-state index contributed by atoms with van der Waals surface area (Å²) in [7, 11) is 3.43. The minimum atomic E-state index is -0.422. The Balaban J connectivity index is 2.17. The smallest absolute Gasteiger partial charge is 0.339 e. The van der Waals surface area contributed by atoms with Gasteiger partial charge in [-0.1, -0.05) is 11.6 Å². The van der Waals surface area contributed by atoms with Crippen LogP contribution in [0.2, 0.25) is 5.02 Å². The normalized spacial score (nSPS) is 16.7. The number of piperazine rings is 1. The maximum atomic E-state index is 11.4. The van der Waals surface area contributed by atoms with Gasteiger partial charge in [-0.2, -0.15) is 0 Å². The van der Waals surface area contributed by atoms with E-state index < -0.39 is 5.97 Å². The molecule has 1 saturated heterocycles. The lowest BCUT2D eigenvalue weighted by molar-refractivity contribution is 0.0600. The third kappa shape index (κ3) is 2.73. The average Bonchev–Trinajstić information content (AvgIpc) is 2.39. The second-order valence-corrected chi connectivity index (χ2v) is 4.72. The SMILES string of the molecule is COC(=O)c1cnc(N2CCN(C)CC2)c(Cl)c1. The molecule has 1 aliphatic rings. The van der Waals surface area contributed by atoms with Crippen LogP contribution in [-0.2, 0) is 4.74 Å². The second kappa shape index (κ2) is 5.54. The van der Waals surface area contributed by atoms with Gasteiger partial charge in [0.05, 0.1) is 17.7 Å². The summed E-state index contributed by atoms with van der Waals surface area (Å²) in [6, 6.07) is 1.61. The summed E-state index contributed by atoms with van der Waals surface area (Å²) in [4.78, 5) is 20.0. The first-order valence-corrected chi connectivity index (χ1v) is 6.17. The van der Waals surface area contributed by atoms with Crippen LogP contribution in [-0.4, -0.2) is 56.2 Å². The maximum absolute atomic E-state index is 11.4. The van der Waals surface area contributed by atoms with E-state index in [1.54, 1.807) is 6.07 Å². The zero-order chi connectivity index (χ0) is 13.1. The van der Waals surface area contributed by atoms with Crippen LogP contribution in [0.15, 0.2) is 12.3 Å². The zero-order valence-corrected chi connectivity index (χ0v) is 11.3. The highest BCUT2D eigenvalue weighted by Crippen LogP contribution is 2.25. The summed E-state index contributed by atoms with van der Waals surface area (Å²) in [6.45, 7) is 3.75. The van der Waals surface area contributed by atoms with Crippen molar-refractivity contribution < 1.29 is 9.53 Å².